The first-order valence-corrected chi connectivity index (χ1v) is 14.4. The van der Waals surface area contributed by atoms with Crippen molar-refractivity contribution in [1.82, 2.24) is 9.47 Å². The molecule has 0 N–H and O–H groups in total. The Kier molecular flexibility index (Phi) is 7.14. The predicted molar refractivity (Wildman–Crippen MR) is 149 cm³/mol. The van der Waals surface area contributed by atoms with Gasteiger partial charge < -0.3 is 18.9 Å². The predicted octanol–water partition coefficient (Wildman–Crippen LogP) is 6.48. The number of nitrogens with zero attached hydrogens (tertiary/aromatic N) is 2. The number of piperidine rings is 1. The molecule has 200 valence electrons. The van der Waals surface area contributed by atoms with Gasteiger partial charge >= 0.3 is 5.97 Å². The van der Waals surface area contributed by atoms with Crippen LogP contribution in [-0.2, 0) is 22.5 Å². The van der Waals surface area contributed by atoms with Crippen LogP contribution in [0, 0.1) is 0 Å². The normalized spacial score (nSPS) is 17.9. The number of carbonyl (C=O) groups excluding carboxylic acids is 2. The molecule has 0 bridgehead atoms. The van der Waals surface area contributed by atoms with Crippen molar-refractivity contribution in [3.63, 3.8) is 0 Å². The Morgan fingerprint density at radius 1 is 0.974 bits per heavy atom. The highest BCUT2D eigenvalue weighted by molar-refractivity contribution is 5.99. The van der Waals surface area contributed by atoms with Gasteiger partial charge in [-0.15, -0.1) is 0 Å². The van der Waals surface area contributed by atoms with E-state index >= 15 is 0 Å². The van der Waals surface area contributed by atoms with Crippen molar-refractivity contribution >= 4 is 22.8 Å². The summed E-state index contributed by atoms with van der Waals surface area (Å²) in [4.78, 5) is 27.4. The molecule has 3 aliphatic rings. The van der Waals surface area contributed by atoms with Crippen LogP contribution in [0.4, 0.5) is 0 Å². The van der Waals surface area contributed by atoms with E-state index in [9.17, 15) is 9.59 Å². The van der Waals surface area contributed by atoms with Crippen molar-refractivity contribution in [3.8, 4) is 17.0 Å². The minimum atomic E-state index is -0.312. The van der Waals surface area contributed by atoms with Crippen molar-refractivity contribution in [1.29, 1.82) is 0 Å². The van der Waals surface area contributed by atoms with Crippen LogP contribution in [0.3, 0.4) is 0 Å². The summed E-state index contributed by atoms with van der Waals surface area (Å²) in [6.45, 7) is 3.04. The lowest BCUT2D eigenvalue weighted by atomic mass is 9.81. The molecular formula is C32H38N2O4. The molecule has 0 atom stereocenters. The molecule has 1 saturated heterocycles. The minimum absolute atomic E-state index is 0.253. The van der Waals surface area contributed by atoms with Gasteiger partial charge in [-0.3, -0.25) is 4.79 Å². The third-order valence-corrected chi connectivity index (χ3v) is 8.77. The van der Waals surface area contributed by atoms with Crippen molar-refractivity contribution in [2.75, 3.05) is 26.8 Å². The molecule has 2 aromatic carbocycles. The van der Waals surface area contributed by atoms with Gasteiger partial charge in [0.05, 0.1) is 24.9 Å². The standard InChI is InChI=1S/C32H38N2O4/c1-37-32(36)24-13-15-25-27(21-24)34-19-20-38-31-23(14-16-28(35)33-17-6-3-7-18-33)11-8-12-26(31)30(34)29(25)22-9-4-2-5-10-22/h8,11-13,15,21-22H,2-7,9-10,14,16-20H2,1H3. The molecule has 0 radical (unpaired) electrons. The van der Waals surface area contributed by atoms with Gasteiger partial charge in [0.2, 0.25) is 5.91 Å². The first kappa shape index (κ1) is 25.0. The molecule has 0 unspecified atom stereocenters. The number of aryl methyl sites for hydroxylation is 1. The maximum atomic E-state index is 12.9. The first-order valence-electron chi connectivity index (χ1n) is 14.4. The molecule has 2 fully saturated rings. The average molecular weight is 515 g/mol. The maximum Gasteiger partial charge on any atom is 0.337 e. The summed E-state index contributed by atoms with van der Waals surface area (Å²) in [5.41, 5.74) is 6.49. The lowest BCUT2D eigenvalue weighted by molar-refractivity contribution is -0.132. The molecule has 6 rings (SSSR count). The second-order valence-corrected chi connectivity index (χ2v) is 11.1. The van der Waals surface area contributed by atoms with Gasteiger partial charge in [0.15, 0.2) is 0 Å². The molecule has 6 nitrogen and oxygen atoms in total. The van der Waals surface area contributed by atoms with E-state index < -0.39 is 0 Å². The summed E-state index contributed by atoms with van der Waals surface area (Å²) >= 11 is 0. The molecule has 1 aromatic heterocycles. The lowest BCUT2D eigenvalue weighted by Gasteiger charge is -2.27. The smallest absolute Gasteiger partial charge is 0.337 e. The number of benzene rings is 2. The van der Waals surface area contributed by atoms with Crippen LogP contribution in [0.25, 0.3) is 22.2 Å². The van der Waals surface area contributed by atoms with Gasteiger partial charge in [-0.05, 0) is 73.8 Å². The van der Waals surface area contributed by atoms with Gasteiger partial charge in [0.1, 0.15) is 12.4 Å². The molecule has 38 heavy (non-hydrogen) atoms. The van der Waals surface area contributed by atoms with Crippen molar-refractivity contribution in [2.24, 2.45) is 0 Å². The van der Waals surface area contributed by atoms with Gasteiger partial charge in [0, 0.05) is 36.0 Å². The van der Waals surface area contributed by atoms with Crippen LogP contribution in [-0.4, -0.2) is 48.1 Å². The molecule has 2 aliphatic heterocycles. The highest BCUT2D eigenvalue weighted by atomic mass is 16.5. The highest BCUT2D eigenvalue weighted by Gasteiger charge is 2.30. The Hall–Kier alpha value is -3.28. The summed E-state index contributed by atoms with van der Waals surface area (Å²) in [5, 5.41) is 1.23. The van der Waals surface area contributed by atoms with Gasteiger partial charge in [-0.1, -0.05) is 37.5 Å². The van der Waals surface area contributed by atoms with Gasteiger partial charge in [0.25, 0.3) is 0 Å². The number of rotatable bonds is 5. The van der Waals surface area contributed by atoms with Crippen LogP contribution in [0.15, 0.2) is 36.4 Å². The Morgan fingerprint density at radius 2 is 1.76 bits per heavy atom. The van der Waals surface area contributed by atoms with E-state index in [4.69, 9.17) is 9.47 Å². The van der Waals surface area contributed by atoms with E-state index in [0.29, 0.717) is 37.5 Å². The van der Waals surface area contributed by atoms with Gasteiger partial charge in [-0.2, -0.15) is 0 Å². The van der Waals surface area contributed by atoms with E-state index in [1.54, 1.807) is 0 Å². The van der Waals surface area contributed by atoms with Crippen LogP contribution in [0.5, 0.6) is 5.75 Å². The largest absolute Gasteiger partial charge is 0.491 e. The van der Waals surface area contributed by atoms with Crippen LogP contribution in [0.2, 0.25) is 0 Å². The van der Waals surface area contributed by atoms with Crippen molar-refractivity contribution in [3.05, 3.63) is 53.1 Å². The number of hydrogen-bond acceptors (Lipinski definition) is 4. The summed E-state index contributed by atoms with van der Waals surface area (Å²) in [6.07, 6.45) is 10.8. The number of para-hydroxylation sites is 1. The topological polar surface area (TPSA) is 60.8 Å². The van der Waals surface area contributed by atoms with Crippen LogP contribution >= 0.6 is 0 Å². The number of aromatic nitrogens is 1. The molecule has 1 saturated carbocycles. The summed E-state index contributed by atoms with van der Waals surface area (Å²) in [6, 6.07) is 12.4. The zero-order valence-corrected chi connectivity index (χ0v) is 22.5. The summed E-state index contributed by atoms with van der Waals surface area (Å²) in [5.74, 6) is 1.35. The van der Waals surface area contributed by atoms with E-state index in [-0.39, 0.29) is 11.9 Å². The maximum absolute atomic E-state index is 12.9. The fraction of sp³-hybridized carbons (Fsp3) is 0.500. The van der Waals surface area contributed by atoms with Crippen molar-refractivity contribution < 1.29 is 19.1 Å². The summed E-state index contributed by atoms with van der Waals surface area (Å²) < 4.78 is 13.8. The number of amides is 1. The van der Waals surface area contributed by atoms with Crippen LogP contribution < -0.4 is 4.74 Å². The number of fused-ring (bicyclic) bond motifs is 5. The Labute approximate surface area is 224 Å². The second-order valence-electron chi connectivity index (χ2n) is 11.1. The SMILES string of the molecule is COC(=O)c1ccc2c(C3CCCCC3)c3n(c2c1)CCOc1c(CCC(=O)N2CCCCC2)cccc1-3. The third kappa shape index (κ3) is 4.59. The molecule has 3 aromatic rings. The zero-order valence-electron chi connectivity index (χ0n) is 22.5. The Bertz CT molecular complexity index is 1350. The van der Waals surface area contributed by atoms with Crippen LogP contribution in [0.1, 0.15) is 85.2 Å². The highest BCUT2D eigenvalue weighted by Crippen LogP contribution is 2.48. The third-order valence-electron chi connectivity index (χ3n) is 8.77. The quantitative estimate of drug-likeness (QED) is 0.366. The lowest BCUT2D eigenvalue weighted by Crippen LogP contribution is -2.35. The fourth-order valence-corrected chi connectivity index (χ4v) is 6.87. The number of ether oxygens (including phenoxy) is 2. The van der Waals surface area contributed by atoms with E-state index in [2.05, 4.69) is 28.8 Å². The average Bonchev–Trinajstić information content (AvgIpc) is 3.17. The van der Waals surface area contributed by atoms with E-state index in [1.165, 1.54) is 62.3 Å². The Balaban J connectivity index is 1.43. The molecular weight excluding hydrogens is 476 g/mol. The molecule has 1 aliphatic carbocycles. The number of carbonyl (C=O) groups is 2. The van der Waals surface area contributed by atoms with E-state index in [1.807, 2.05) is 17.0 Å². The summed E-state index contributed by atoms with van der Waals surface area (Å²) in [7, 11) is 1.43. The molecule has 3 heterocycles. The Morgan fingerprint density at radius 3 is 2.55 bits per heavy atom. The molecule has 1 amide bonds. The first-order chi connectivity index (χ1) is 18.7. The number of esters is 1. The number of likely N-dealkylation sites (tertiary alicyclic amines) is 1. The number of hydrogen-bond donors (Lipinski definition) is 0. The van der Waals surface area contributed by atoms with Crippen molar-refractivity contribution in [2.45, 2.75) is 76.7 Å². The zero-order chi connectivity index (χ0) is 26.1. The van der Waals surface area contributed by atoms with Gasteiger partial charge in [-0.25, -0.2) is 4.79 Å². The second kappa shape index (κ2) is 10.8. The number of methoxy groups -OCH3 is 1. The minimum Gasteiger partial charge on any atom is -0.491 e. The van der Waals surface area contributed by atoms with E-state index in [0.717, 1.165) is 48.3 Å². The monoisotopic (exact) mass is 514 g/mol. The fourth-order valence-electron chi connectivity index (χ4n) is 6.87. The molecule has 0 spiro atoms. The molecule has 6 heteroatoms.